The number of amides is 1. The first kappa shape index (κ1) is 15.3. The van der Waals surface area contributed by atoms with Gasteiger partial charge in [0.05, 0.1) is 11.3 Å². The van der Waals surface area contributed by atoms with Gasteiger partial charge in [-0.25, -0.2) is 8.78 Å². The van der Waals surface area contributed by atoms with Gasteiger partial charge in [-0.2, -0.15) is 0 Å². The Morgan fingerprint density at radius 2 is 2.15 bits per heavy atom. The Balaban J connectivity index is 1.87. The van der Waals surface area contributed by atoms with E-state index in [-0.39, 0.29) is 17.2 Å². The van der Waals surface area contributed by atoms with Crippen molar-refractivity contribution in [3.63, 3.8) is 0 Å². The summed E-state index contributed by atoms with van der Waals surface area (Å²) in [5, 5.41) is 2.95. The third-order valence-electron chi connectivity index (χ3n) is 3.59. The second-order valence-corrected chi connectivity index (χ2v) is 6.36. The maximum absolute atomic E-state index is 13.0. The largest absolute Gasteiger partial charge is 0.349 e. The van der Waals surface area contributed by atoms with E-state index in [1.807, 2.05) is 6.92 Å². The summed E-state index contributed by atoms with van der Waals surface area (Å²) in [6.45, 7) is 2.35. The van der Waals surface area contributed by atoms with Crippen LogP contribution in [0.2, 0.25) is 0 Å². The van der Waals surface area contributed by atoms with Crippen molar-refractivity contribution >= 4 is 17.7 Å². The molecule has 1 aliphatic carbocycles. The molecule has 0 heterocycles. The monoisotopic (exact) mass is 300 g/mol. The summed E-state index contributed by atoms with van der Waals surface area (Å²) in [5.41, 5.74) is 5.37. The van der Waals surface area contributed by atoms with Crippen molar-refractivity contribution < 1.29 is 13.6 Å². The Bertz CT molecular complexity index is 508. The van der Waals surface area contributed by atoms with Crippen LogP contribution in [0.5, 0.6) is 0 Å². The van der Waals surface area contributed by atoms with Crippen LogP contribution in [0, 0.1) is 17.6 Å². The number of nitrogens with two attached hydrogens (primary N) is 1. The van der Waals surface area contributed by atoms with Gasteiger partial charge < -0.3 is 11.1 Å². The molecule has 0 spiro atoms. The van der Waals surface area contributed by atoms with Gasteiger partial charge in [-0.3, -0.25) is 4.79 Å². The van der Waals surface area contributed by atoms with Crippen molar-refractivity contribution in [2.45, 2.75) is 30.2 Å². The van der Waals surface area contributed by atoms with E-state index in [4.69, 9.17) is 5.73 Å². The second-order valence-electron chi connectivity index (χ2n) is 5.31. The van der Waals surface area contributed by atoms with Crippen LogP contribution < -0.4 is 11.1 Å². The number of carbonyl (C=O) groups excluding carboxylic acids is 1. The van der Waals surface area contributed by atoms with Gasteiger partial charge in [-0.1, -0.05) is 0 Å². The summed E-state index contributed by atoms with van der Waals surface area (Å²) in [5.74, 6) is -1.32. The smallest absolute Gasteiger partial charge is 0.230 e. The van der Waals surface area contributed by atoms with E-state index in [2.05, 4.69) is 5.32 Å². The fourth-order valence-corrected chi connectivity index (χ4v) is 2.83. The highest BCUT2D eigenvalue weighted by Crippen LogP contribution is 2.39. The Kier molecular flexibility index (Phi) is 4.65. The number of hydrogen-bond donors (Lipinski definition) is 2. The van der Waals surface area contributed by atoms with Gasteiger partial charge in [0.25, 0.3) is 0 Å². The Morgan fingerprint density at radius 1 is 1.45 bits per heavy atom. The van der Waals surface area contributed by atoms with E-state index in [9.17, 15) is 13.6 Å². The minimum Gasteiger partial charge on any atom is -0.349 e. The molecule has 0 aliphatic heterocycles. The fourth-order valence-electron chi connectivity index (χ4n) is 2.11. The van der Waals surface area contributed by atoms with Crippen molar-refractivity contribution in [3.8, 4) is 0 Å². The molecule has 0 aromatic heterocycles. The maximum Gasteiger partial charge on any atom is 0.230 e. The van der Waals surface area contributed by atoms with Crippen LogP contribution in [0.1, 0.15) is 19.8 Å². The van der Waals surface area contributed by atoms with E-state index >= 15 is 0 Å². The molecule has 3 nitrogen and oxygen atoms in total. The van der Waals surface area contributed by atoms with Gasteiger partial charge >= 0.3 is 0 Å². The minimum absolute atomic E-state index is 0.139. The van der Waals surface area contributed by atoms with E-state index in [1.54, 1.807) is 0 Å². The number of rotatable bonds is 6. The fraction of sp³-hybridized carbons (Fsp3) is 0.500. The summed E-state index contributed by atoms with van der Waals surface area (Å²) >= 11 is 1.18. The number of nitrogens with one attached hydrogen (secondary N) is 1. The lowest BCUT2D eigenvalue weighted by atomic mass is 9.96. The third-order valence-corrected chi connectivity index (χ3v) is 4.58. The lowest BCUT2D eigenvalue weighted by Gasteiger charge is -2.29. The molecule has 1 atom stereocenters. The van der Waals surface area contributed by atoms with Gasteiger partial charge in [-0.15, -0.1) is 11.8 Å². The lowest BCUT2D eigenvalue weighted by molar-refractivity contribution is -0.120. The zero-order valence-electron chi connectivity index (χ0n) is 11.3. The molecule has 20 heavy (non-hydrogen) atoms. The molecule has 1 aromatic rings. The lowest BCUT2D eigenvalue weighted by Crippen LogP contribution is -2.53. The van der Waals surface area contributed by atoms with Crippen LogP contribution in [-0.4, -0.2) is 23.7 Å². The highest BCUT2D eigenvalue weighted by molar-refractivity contribution is 8.00. The van der Waals surface area contributed by atoms with Gasteiger partial charge in [0.15, 0.2) is 11.6 Å². The molecule has 0 saturated heterocycles. The van der Waals surface area contributed by atoms with Crippen molar-refractivity contribution in [2.75, 3.05) is 12.3 Å². The SMILES string of the molecule is CC(CN)(NC(=O)CSc1ccc(F)c(F)c1)C1CC1. The number of hydrogen-bond acceptors (Lipinski definition) is 3. The van der Waals surface area contributed by atoms with Crippen molar-refractivity contribution in [2.24, 2.45) is 11.7 Å². The van der Waals surface area contributed by atoms with E-state index in [1.165, 1.54) is 17.8 Å². The molecule has 110 valence electrons. The molecule has 1 aromatic carbocycles. The summed E-state index contributed by atoms with van der Waals surface area (Å²) in [7, 11) is 0. The van der Waals surface area contributed by atoms with Gasteiger partial charge in [0.2, 0.25) is 5.91 Å². The molecular weight excluding hydrogens is 282 g/mol. The molecule has 1 saturated carbocycles. The molecular formula is C14H18F2N2OS. The van der Waals surface area contributed by atoms with Gasteiger partial charge in [-0.05, 0) is 43.9 Å². The predicted molar refractivity (Wildman–Crippen MR) is 75.4 cm³/mol. The van der Waals surface area contributed by atoms with Crippen LogP contribution in [0.25, 0.3) is 0 Å². The maximum atomic E-state index is 13.0. The summed E-state index contributed by atoms with van der Waals surface area (Å²) < 4.78 is 25.8. The van der Waals surface area contributed by atoms with Crippen molar-refractivity contribution in [1.82, 2.24) is 5.32 Å². The van der Waals surface area contributed by atoms with Crippen LogP contribution in [0.15, 0.2) is 23.1 Å². The normalized spacial score (nSPS) is 17.6. The van der Waals surface area contributed by atoms with Crippen molar-refractivity contribution in [1.29, 1.82) is 0 Å². The molecule has 0 radical (unpaired) electrons. The molecule has 1 aliphatic rings. The average Bonchev–Trinajstić information content (AvgIpc) is 3.25. The molecule has 1 unspecified atom stereocenters. The standard InChI is InChI=1S/C14H18F2N2OS/c1-14(8-17,9-2-3-9)18-13(19)7-20-10-4-5-11(15)12(16)6-10/h4-6,9H,2-3,7-8,17H2,1H3,(H,18,19). The topological polar surface area (TPSA) is 55.1 Å². The first-order valence-electron chi connectivity index (χ1n) is 6.53. The minimum atomic E-state index is -0.903. The number of thioether (sulfide) groups is 1. The number of halogens is 2. The first-order valence-corrected chi connectivity index (χ1v) is 7.52. The Hall–Kier alpha value is -1.14. The van der Waals surface area contributed by atoms with Crippen LogP contribution in [0.4, 0.5) is 8.78 Å². The van der Waals surface area contributed by atoms with Crippen molar-refractivity contribution in [3.05, 3.63) is 29.8 Å². The molecule has 3 N–H and O–H groups in total. The summed E-state index contributed by atoms with van der Waals surface area (Å²) in [6.07, 6.45) is 2.18. The van der Waals surface area contributed by atoms with E-state index in [0.29, 0.717) is 17.4 Å². The average molecular weight is 300 g/mol. The molecule has 2 rings (SSSR count). The second kappa shape index (κ2) is 6.10. The molecule has 0 bridgehead atoms. The van der Waals surface area contributed by atoms with Gasteiger partial charge in [0.1, 0.15) is 0 Å². The van der Waals surface area contributed by atoms with Gasteiger partial charge in [0, 0.05) is 11.4 Å². The molecule has 1 amide bonds. The van der Waals surface area contributed by atoms with Crippen LogP contribution in [0.3, 0.4) is 0 Å². The quantitative estimate of drug-likeness (QED) is 0.793. The predicted octanol–water partition coefficient (Wildman–Crippen LogP) is 2.30. The summed E-state index contributed by atoms with van der Waals surface area (Å²) in [6, 6.07) is 3.61. The highest BCUT2D eigenvalue weighted by Gasteiger charge is 2.41. The third kappa shape index (κ3) is 3.70. The number of benzene rings is 1. The number of carbonyl (C=O) groups is 1. The zero-order valence-corrected chi connectivity index (χ0v) is 12.1. The Morgan fingerprint density at radius 3 is 2.70 bits per heavy atom. The van der Waals surface area contributed by atoms with E-state index < -0.39 is 11.6 Å². The summed E-state index contributed by atoms with van der Waals surface area (Å²) in [4.78, 5) is 12.4. The Labute approximate surface area is 121 Å². The first-order chi connectivity index (χ1) is 9.44. The van der Waals surface area contributed by atoms with Crippen LogP contribution in [-0.2, 0) is 4.79 Å². The van der Waals surface area contributed by atoms with Crippen LogP contribution >= 0.6 is 11.8 Å². The molecule has 1 fully saturated rings. The van der Waals surface area contributed by atoms with E-state index in [0.717, 1.165) is 25.0 Å². The highest BCUT2D eigenvalue weighted by atomic mass is 32.2. The zero-order chi connectivity index (χ0) is 14.8. The molecule has 6 heteroatoms.